The van der Waals surface area contributed by atoms with Crippen molar-refractivity contribution in [1.82, 2.24) is 9.88 Å². The molecule has 1 amide bonds. The van der Waals surface area contributed by atoms with Crippen LogP contribution >= 0.6 is 0 Å². The number of amides is 1. The predicted octanol–water partition coefficient (Wildman–Crippen LogP) is 3.76. The SMILES string of the molecule is COc1ccc(CCN2C(=O)C(=O)/C(=C(\O)c3ccncc3)C2c2ccc(OC)cc2)cc1. The van der Waals surface area contributed by atoms with Gasteiger partial charge in [-0.15, -0.1) is 0 Å². The molecule has 1 unspecified atom stereocenters. The number of aromatic nitrogens is 1. The van der Waals surface area contributed by atoms with Crippen LogP contribution in [0.5, 0.6) is 11.5 Å². The second-order valence-electron chi connectivity index (χ2n) is 7.60. The number of hydrogen-bond acceptors (Lipinski definition) is 6. The van der Waals surface area contributed by atoms with Crippen LogP contribution in [0.2, 0.25) is 0 Å². The first-order chi connectivity index (χ1) is 16.0. The van der Waals surface area contributed by atoms with E-state index >= 15 is 0 Å². The Balaban J connectivity index is 1.73. The lowest BCUT2D eigenvalue weighted by atomic mass is 9.95. The van der Waals surface area contributed by atoms with E-state index in [4.69, 9.17) is 9.47 Å². The Hall–Kier alpha value is -4.13. The van der Waals surface area contributed by atoms with E-state index in [1.54, 1.807) is 50.6 Å². The Kier molecular flexibility index (Phi) is 6.40. The lowest BCUT2D eigenvalue weighted by Gasteiger charge is -2.25. The standard InChI is InChI=1S/C26H24N2O5/c1-32-20-7-3-17(4-8-20)13-16-28-23(18-5-9-21(33-2)10-6-18)22(25(30)26(28)31)24(29)19-11-14-27-15-12-19/h3-12,14-15,23,29H,13,16H2,1-2H3/b24-22-. The highest BCUT2D eigenvalue weighted by Gasteiger charge is 2.45. The first-order valence-corrected chi connectivity index (χ1v) is 10.5. The average Bonchev–Trinajstić information content (AvgIpc) is 3.12. The molecule has 0 bridgehead atoms. The number of methoxy groups -OCH3 is 2. The minimum Gasteiger partial charge on any atom is -0.507 e. The summed E-state index contributed by atoms with van der Waals surface area (Å²) in [4.78, 5) is 31.6. The van der Waals surface area contributed by atoms with Crippen LogP contribution in [0, 0.1) is 0 Å². The number of benzene rings is 2. The number of carbonyl (C=O) groups excluding carboxylic acids is 2. The number of aliphatic hydroxyl groups excluding tert-OH is 1. The summed E-state index contributed by atoms with van der Waals surface area (Å²) in [5, 5.41) is 11.0. The van der Waals surface area contributed by atoms with Crippen molar-refractivity contribution in [2.45, 2.75) is 12.5 Å². The van der Waals surface area contributed by atoms with Gasteiger partial charge >= 0.3 is 0 Å². The maximum Gasteiger partial charge on any atom is 0.295 e. The molecule has 168 valence electrons. The fraction of sp³-hybridized carbons (Fsp3) is 0.192. The topological polar surface area (TPSA) is 89.0 Å². The lowest BCUT2D eigenvalue weighted by molar-refractivity contribution is -0.139. The van der Waals surface area contributed by atoms with E-state index in [9.17, 15) is 14.7 Å². The number of aliphatic hydroxyl groups is 1. The second-order valence-corrected chi connectivity index (χ2v) is 7.60. The van der Waals surface area contributed by atoms with Gasteiger partial charge in [0.25, 0.3) is 11.7 Å². The Morgan fingerprint density at radius 3 is 2.06 bits per heavy atom. The number of Topliss-reactive ketones (excluding diaryl/α,β-unsaturated/α-hetero) is 1. The summed E-state index contributed by atoms with van der Waals surface area (Å²) in [5.41, 5.74) is 2.20. The Morgan fingerprint density at radius 1 is 0.909 bits per heavy atom. The number of nitrogens with zero attached hydrogens (tertiary/aromatic N) is 2. The maximum absolute atomic E-state index is 13.1. The summed E-state index contributed by atoms with van der Waals surface area (Å²) in [7, 11) is 3.17. The smallest absolute Gasteiger partial charge is 0.295 e. The van der Waals surface area contributed by atoms with Gasteiger partial charge in [-0.3, -0.25) is 14.6 Å². The van der Waals surface area contributed by atoms with Crippen LogP contribution < -0.4 is 9.47 Å². The minimum absolute atomic E-state index is 0.0612. The fourth-order valence-corrected chi connectivity index (χ4v) is 3.95. The average molecular weight is 444 g/mol. The normalized spacial score (nSPS) is 17.3. The van der Waals surface area contributed by atoms with Crippen molar-refractivity contribution in [1.29, 1.82) is 0 Å². The van der Waals surface area contributed by atoms with E-state index in [1.807, 2.05) is 24.3 Å². The summed E-state index contributed by atoms with van der Waals surface area (Å²) < 4.78 is 10.4. The van der Waals surface area contributed by atoms with Gasteiger partial charge in [-0.1, -0.05) is 24.3 Å². The minimum atomic E-state index is -0.720. The van der Waals surface area contributed by atoms with Gasteiger partial charge in [-0.25, -0.2) is 0 Å². The zero-order chi connectivity index (χ0) is 23.4. The van der Waals surface area contributed by atoms with Gasteiger partial charge in [-0.05, 0) is 53.9 Å². The second kappa shape index (κ2) is 9.56. The first kappa shape index (κ1) is 22.1. The number of carbonyl (C=O) groups is 2. The molecule has 0 saturated carbocycles. The molecular formula is C26H24N2O5. The lowest BCUT2D eigenvalue weighted by Crippen LogP contribution is -2.31. The van der Waals surface area contributed by atoms with Crippen molar-refractivity contribution in [2.24, 2.45) is 0 Å². The van der Waals surface area contributed by atoms with E-state index in [2.05, 4.69) is 4.98 Å². The molecule has 7 nitrogen and oxygen atoms in total. The van der Waals surface area contributed by atoms with E-state index in [0.717, 1.165) is 11.3 Å². The highest BCUT2D eigenvalue weighted by Crippen LogP contribution is 2.39. The van der Waals surface area contributed by atoms with Gasteiger partial charge < -0.3 is 19.5 Å². The van der Waals surface area contributed by atoms with Crippen molar-refractivity contribution >= 4 is 17.4 Å². The van der Waals surface area contributed by atoms with Crippen molar-refractivity contribution in [3.8, 4) is 11.5 Å². The molecule has 1 aliphatic heterocycles. The molecule has 1 aromatic heterocycles. The van der Waals surface area contributed by atoms with Crippen LogP contribution in [0.1, 0.15) is 22.7 Å². The Labute approximate surface area is 191 Å². The van der Waals surface area contributed by atoms with Gasteiger partial charge in [0.2, 0.25) is 0 Å². The highest BCUT2D eigenvalue weighted by atomic mass is 16.5. The number of ether oxygens (including phenoxy) is 2. The summed E-state index contributed by atoms with van der Waals surface area (Å²) in [6.07, 6.45) is 3.59. The molecule has 4 rings (SSSR count). The zero-order valence-electron chi connectivity index (χ0n) is 18.4. The van der Waals surface area contributed by atoms with Crippen LogP contribution in [0.3, 0.4) is 0 Å². The van der Waals surface area contributed by atoms with Crippen LogP contribution in [-0.2, 0) is 16.0 Å². The quantitative estimate of drug-likeness (QED) is 0.339. The molecular weight excluding hydrogens is 420 g/mol. The number of likely N-dealkylation sites (tertiary alicyclic amines) is 1. The van der Waals surface area contributed by atoms with Crippen molar-refractivity contribution in [3.63, 3.8) is 0 Å². The van der Waals surface area contributed by atoms with E-state index in [0.29, 0.717) is 29.8 Å². The molecule has 1 saturated heterocycles. The summed E-state index contributed by atoms with van der Waals surface area (Å²) >= 11 is 0. The maximum atomic E-state index is 13.1. The molecule has 1 aliphatic rings. The third kappa shape index (κ3) is 4.43. The first-order valence-electron chi connectivity index (χ1n) is 10.5. The van der Waals surface area contributed by atoms with E-state index < -0.39 is 17.7 Å². The molecule has 33 heavy (non-hydrogen) atoms. The molecule has 2 heterocycles. The summed E-state index contributed by atoms with van der Waals surface area (Å²) in [6.45, 7) is 0.306. The van der Waals surface area contributed by atoms with Crippen LogP contribution in [0.25, 0.3) is 5.76 Å². The van der Waals surface area contributed by atoms with Crippen LogP contribution in [0.15, 0.2) is 78.6 Å². The van der Waals surface area contributed by atoms with Gasteiger partial charge in [0.15, 0.2) is 0 Å². The highest BCUT2D eigenvalue weighted by molar-refractivity contribution is 6.46. The molecule has 0 spiro atoms. The van der Waals surface area contributed by atoms with Crippen LogP contribution in [-0.4, -0.2) is 47.4 Å². The summed E-state index contributed by atoms with van der Waals surface area (Å²) in [5.74, 6) is -0.166. The Bertz CT molecular complexity index is 1170. The zero-order valence-corrected chi connectivity index (χ0v) is 18.4. The number of hydrogen-bond donors (Lipinski definition) is 1. The van der Waals surface area contributed by atoms with Crippen molar-refractivity contribution in [2.75, 3.05) is 20.8 Å². The number of ketones is 1. The van der Waals surface area contributed by atoms with Gasteiger partial charge in [0.1, 0.15) is 17.3 Å². The molecule has 1 N–H and O–H groups in total. The predicted molar refractivity (Wildman–Crippen MR) is 123 cm³/mol. The molecule has 1 fully saturated rings. The van der Waals surface area contributed by atoms with E-state index in [1.165, 1.54) is 17.3 Å². The van der Waals surface area contributed by atoms with Gasteiger partial charge in [-0.2, -0.15) is 0 Å². The van der Waals surface area contributed by atoms with Gasteiger partial charge in [0.05, 0.1) is 25.8 Å². The number of pyridine rings is 1. The fourth-order valence-electron chi connectivity index (χ4n) is 3.95. The van der Waals surface area contributed by atoms with E-state index in [-0.39, 0.29) is 11.3 Å². The molecule has 7 heteroatoms. The summed E-state index contributed by atoms with van der Waals surface area (Å²) in [6, 6.07) is 17.2. The molecule has 2 aromatic carbocycles. The molecule has 3 aromatic rings. The third-order valence-corrected chi connectivity index (χ3v) is 5.73. The molecule has 0 aliphatic carbocycles. The van der Waals surface area contributed by atoms with Crippen molar-refractivity contribution in [3.05, 3.63) is 95.3 Å². The largest absolute Gasteiger partial charge is 0.507 e. The Morgan fingerprint density at radius 2 is 1.48 bits per heavy atom. The molecule has 1 atom stereocenters. The molecule has 0 radical (unpaired) electrons. The number of rotatable bonds is 7. The third-order valence-electron chi connectivity index (χ3n) is 5.73. The van der Waals surface area contributed by atoms with Crippen molar-refractivity contribution < 1.29 is 24.2 Å². The van der Waals surface area contributed by atoms with Gasteiger partial charge in [0, 0.05) is 24.5 Å². The van der Waals surface area contributed by atoms with Crippen LogP contribution in [0.4, 0.5) is 0 Å². The monoisotopic (exact) mass is 444 g/mol.